The highest BCUT2D eigenvalue weighted by Crippen LogP contribution is 2.23. The normalized spacial score (nSPS) is 10.7. The first-order chi connectivity index (χ1) is 12.3. The largest absolute Gasteiger partial charge is 0.467 e. The first-order valence-electron chi connectivity index (χ1n) is 8.10. The number of benzene rings is 2. The van der Waals surface area contributed by atoms with Gasteiger partial charge in [-0.05, 0) is 35.9 Å². The summed E-state index contributed by atoms with van der Waals surface area (Å²) < 4.78 is 7.56. The average Bonchev–Trinajstić information content (AvgIpc) is 3.28. The maximum atomic E-state index is 5.52. The van der Waals surface area contributed by atoms with E-state index in [1.54, 1.807) is 6.26 Å². The number of imidazole rings is 1. The Labute approximate surface area is 146 Å². The number of furan rings is 1. The van der Waals surface area contributed by atoms with Gasteiger partial charge in [0.05, 0.1) is 30.4 Å². The molecule has 2 aromatic heterocycles. The maximum Gasteiger partial charge on any atom is 0.204 e. The number of anilines is 1. The summed E-state index contributed by atoms with van der Waals surface area (Å²) in [4.78, 5) is 4.73. The summed E-state index contributed by atoms with van der Waals surface area (Å²) in [7, 11) is 0. The van der Waals surface area contributed by atoms with Gasteiger partial charge in [0.1, 0.15) is 5.76 Å². The summed E-state index contributed by atoms with van der Waals surface area (Å²) >= 11 is 0. The van der Waals surface area contributed by atoms with Crippen molar-refractivity contribution in [2.75, 3.05) is 5.32 Å². The second-order valence-electron chi connectivity index (χ2n) is 5.79. The molecule has 4 heteroatoms. The van der Waals surface area contributed by atoms with Crippen LogP contribution in [0.2, 0.25) is 0 Å². The van der Waals surface area contributed by atoms with E-state index in [1.807, 2.05) is 48.5 Å². The van der Waals surface area contributed by atoms with Gasteiger partial charge in [-0.3, -0.25) is 0 Å². The van der Waals surface area contributed by atoms with Crippen LogP contribution in [0.4, 0.5) is 5.95 Å². The van der Waals surface area contributed by atoms with Gasteiger partial charge in [-0.1, -0.05) is 36.3 Å². The Hall–Kier alpha value is -3.45. The molecule has 4 aromatic rings. The van der Waals surface area contributed by atoms with E-state index in [0.29, 0.717) is 6.54 Å². The lowest BCUT2D eigenvalue weighted by Crippen LogP contribution is -2.08. The van der Waals surface area contributed by atoms with Gasteiger partial charge >= 0.3 is 0 Å². The number of aromatic nitrogens is 2. The molecule has 0 amide bonds. The molecular weight excluding hydrogens is 310 g/mol. The summed E-state index contributed by atoms with van der Waals surface area (Å²) in [6, 6.07) is 20.1. The summed E-state index contributed by atoms with van der Waals surface area (Å²) in [5.41, 5.74) is 3.97. The third kappa shape index (κ3) is 3.13. The molecule has 4 nitrogen and oxygen atoms in total. The molecule has 2 aromatic carbocycles. The minimum Gasteiger partial charge on any atom is -0.467 e. The molecule has 0 spiro atoms. The highest BCUT2D eigenvalue weighted by Gasteiger charge is 2.12. The Morgan fingerprint density at radius 1 is 1.08 bits per heavy atom. The van der Waals surface area contributed by atoms with E-state index in [0.717, 1.165) is 34.9 Å². The zero-order chi connectivity index (χ0) is 17.1. The minimum atomic E-state index is 0.576. The van der Waals surface area contributed by atoms with Crippen molar-refractivity contribution < 1.29 is 4.42 Å². The number of fused-ring (bicyclic) bond motifs is 1. The topological polar surface area (TPSA) is 43.0 Å². The van der Waals surface area contributed by atoms with Crippen molar-refractivity contribution in [2.24, 2.45) is 0 Å². The molecule has 0 aliphatic rings. The fraction of sp³-hybridized carbons (Fsp3) is 0.0952. The van der Waals surface area contributed by atoms with E-state index in [4.69, 9.17) is 15.8 Å². The van der Waals surface area contributed by atoms with Crippen LogP contribution >= 0.6 is 0 Å². The summed E-state index contributed by atoms with van der Waals surface area (Å²) in [5, 5.41) is 3.37. The lowest BCUT2D eigenvalue weighted by atomic mass is 10.2. The molecule has 0 saturated heterocycles. The summed E-state index contributed by atoms with van der Waals surface area (Å²) in [6.45, 7) is 1.31. The number of nitrogens with zero attached hydrogens (tertiary/aromatic N) is 2. The van der Waals surface area contributed by atoms with Crippen LogP contribution in [0.1, 0.15) is 16.9 Å². The van der Waals surface area contributed by atoms with Crippen molar-refractivity contribution in [3.8, 4) is 12.3 Å². The predicted molar refractivity (Wildman–Crippen MR) is 99.2 cm³/mol. The molecule has 0 aliphatic heterocycles. The molecule has 0 bridgehead atoms. The molecule has 0 aliphatic carbocycles. The van der Waals surface area contributed by atoms with Gasteiger partial charge in [0, 0.05) is 5.56 Å². The second-order valence-corrected chi connectivity index (χ2v) is 5.79. The van der Waals surface area contributed by atoms with E-state index in [2.05, 4.69) is 27.9 Å². The molecule has 0 unspecified atom stereocenters. The van der Waals surface area contributed by atoms with E-state index in [1.165, 1.54) is 5.56 Å². The van der Waals surface area contributed by atoms with Crippen molar-refractivity contribution in [3.05, 3.63) is 83.8 Å². The number of hydrogen-bond acceptors (Lipinski definition) is 3. The second kappa shape index (κ2) is 6.58. The molecule has 0 saturated carbocycles. The first kappa shape index (κ1) is 15.1. The van der Waals surface area contributed by atoms with Gasteiger partial charge in [0.15, 0.2) is 0 Å². The summed E-state index contributed by atoms with van der Waals surface area (Å²) in [6.07, 6.45) is 7.19. The molecule has 0 radical (unpaired) electrons. The van der Waals surface area contributed by atoms with E-state index < -0.39 is 0 Å². The Bertz CT molecular complexity index is 1020. The quantitative estimate of drug-likeness (QED) is 0.557. The molecule has 2 heterocycles. The molecule has 122 valence electrons. The van der Waals surface area contributed by atoms with E-state index in [-0.39, 0.29) is 0 Å². The van der Waals surface area contributed by atoms with E-state index >= 15 is 0 Å². The van der Waals surface area contributed by atoms with Gasteiger partial charge in [0.25, 0.3) is 0 Å². The maximum absolute atomic E-state index is 5.52. The monoisotopic (exact) mass is 327 g/mol. The van der Waals surface area contributed by atoms with Gasteiger partial charge in [-0.2, -0.15) is 0 Å². The number of nitrogens with one attached hydrogen (secondary N) is 1. The van der Waals surface area contributed by atoms with Crippen molar-refractivity contribution in [2.45, 2.75) is 13.1 Å². The van der Waals surface area contributed by atoms with E-state index in [9.17, 15) is 0 Å². The third-order valence-electron chi connectivity index (χ3n) is 4.10. The fourth-order valence-electron chi connectivity index (χ4n) is 2.86. The fourth-order valence-corrected chi connectivity index (χ4v) is 2.86. The van der Waals surface area contributed by atoms with Gasteiger partial charge < -0.3 is 14.3 Å². The lowest BCUT2D eigenvalue weighted by molar-refractivity contribution is 0.517. The van der Waals surface area contributed by atoms with Gasteiger partial charge in [-0.15, -0.1) is 6.42 Å². The van der Waals surface area contributed by atoms with Crippen molar-refractivity contribution in [3.63, 3.8) is 0 Å². The number of terminal acetylenes is 1. The third-order valence-corrected chi connectivity index (χ3v) is 4.10. The molecule has 0 fully saturated rings. The lowest BCUT2D eigenvalue weighted by Gasteiger charge is -2.10. The Morgan fingerprint density at radius 2 is 1.96 bits per heavy atom. The highest BCUT2D eigenvalue weighted by molar-refractivity contribution is 5.80. The van der Waals surface area contributed by atoms with Crippen molar-refractivity contribution >= 4 is 17.0 Å². The van der Waals surface area contributed by atoms with Crippen molar-refractivity contribution in [1.29, 1.82) is 0 Å². The van der Waals surface area contributed by atoms with Gasteiger partial charge in [-0.25, -0.2) is 4.98 Å². The van der Waals surface area contributed by atoms with Crippen LogP contribution in [0.25, 0.3) is 11.0 Å². The minimum absolute atomic E-state index is 0.576. The van der Waals surface area contributed by atoms with Crippen LogP contribution in [0.3, 0.4) is 0 Å². The SMILES string of the molecule is C#Cc1ccc2c(c1)nc(NCc1ccco1)n2Cc1ccccc1. The van der Waals surface area contributed by atoms with Crippen LogP contribution in [0.15, 0.2) is 71.3 Å². The molecule has 25 heavy (non-hydrogen) atoms. The van der Waals surface area contributed by atoms with Crippen LogP contribution in [-0.4, -0.2) is 9.55 Å². The number of hydrogen-bond donors (Lipinski definition) is 1. The highest BCUT2D eigenvalue weighted by atomic mass is 16.3. The van der Waals surface area contributed by atoms with Crippen LogP contribution < -0.4 is 5.32 Å². The first-order valence-corrected chi connectivity index (χ1v) is 8.10. The Kier molecular flexibility index (Phi) is 3.97. The molecule has 1 N–H and O–H groups in total. The molecule has 4 rings (SSSR count). The molecular formula is C21H17N3O. The van der Waals surface area contributed by atoms with Crippen LogP contribution in [0, 0.1) is 12.3 Å². The van der Waals surface area contributed by atoms with Gasteiger partial charge in [0.2, 0.25) is 5.95 Å². The Balaban J connectivity index is 1.73. The standard InChI is InChI=1S/C21H17N3O/c1-2-16-10-11-20-19(13-16)23-21(22-14-18-9-6-12-25-18)24(20)15-17-7-4-3-5-8-17/h1,3-13H,14-15H2,(H,22,23). The predicted octanol–water partition coefficient (Wildman–Crippen LogP) is 4.27. The smallest absolute Gasteiger partial charge is 0.204 e. The summed E-state index contributed by atoms with van der Waals surface area (Å²) in [5.74, 6) is 4.33. The molecule has 0 atom stereocenters. The number of rotatable bonds is 5. The zero-order valence-corrected chi connectivity index (χ0v) is 13.6. The Morgan fingerprint density at radius 3 is 2.72 bits per heavy atom. The average molecular weight is 327 g/mol. The van der Waals surface area contributed by atoms with Crippen LogP contribution in [-0.2, 0) is 13.1 Å². The van der Waals surface area contributed by atoms with Crippen molar-refractivity contribution in [1.82, 2.24) is 9.55 Å². The van der Waals surface area contributed by atoms with Crippen LogP contribution in [0.5, 0.6) is 0 Å². The zero-order valence-electron chi connectivity index (χ0n) is 13.6.